The van der Waals surface area contributed by atoms with Crippen LogP contribution in [0.4, 0.5) is 5.69 Å². The van der Waals surface area contributed by atoms with Gasteiger partial charge in [0.15, 0.2) is 0 Å². The summed E-state index contributed by atoms with van der Waals surface area (Å²) in [6.07, 6.45) is 0. The van der Waals surface area contributed by atoms with Crippen LogP contribution in [0.3, 0.4) is 0 Å². The minimum Gasteiger partial charge on any atom is -0.282 e. The first-order chi connectivity index (χ1) is 6.54. The number of aryl methyl sites for hydroxylation is 3. The van der Waals surface area contributed by atoms with E-state index in [2.05, 4.69) is 21.9 Å². The van der Waals surface area contributed by atoms with Crippen LogP contribution < -0.4 is 4.72 Å². The van der Waals surface area contributed by atoms with Crippen molar-refractivity contribution in [1.82, 2.24) is 0 Å². The van der Waals surface area contributed by atoms with Crippen molar-refractivity contribution < 1.29 is 8.39 Å². The largest absolute Gasteiger partial charge is 0.282 e. The van der Waals surface area contributed by atoms with Crippen molar-refractivity contribution in [2.45, 2.75) is 20.8 Å². The summed E-state index contributed by atoms with van der Waals surface area (Å²) in [5.41, 5.74) is 4.33. The van der Waals surface area contributed by atoms with E-state index in [-0.39, 0.29) is 0 Å². The Hall–Kier alpha value is -0.870. The number of hydrogen-bond donors (Lipinski definition) is 1. The molecule has 4 heteroatoms. The quantitative estimate of drug-likeness (QED) is 0.836. The highest BCUT2D eigenvalue weighted by atomic mass is 32.2. The predicted molar refractivity (Wildman–Crippen MR) is 59.4 cm³/mol. The summed E-state index contributed by atoms with van der Waals surface area (Å²) in [4.78, 5) is 0. The molecule has 0 aliphatic rings. The van der Waals surface area contributed by atoms with Crippen LogP contribution in [-0.4, -0.2) is 11.3 Å². The molecule has 78 valence electrons. The molecule has 0 saturated carbocycles. The van der Waals surface area contributed by atoms with Gasteiger partial charge in [0.05, 0.1) is 12.8 Å². The van der Waals surface area contributed by atoms with Gasteiger partial charge in [-0.05, 0) is 43.5 Å². The van der Waals surface area contributed by atoms with Crippen molar-refractivity contribution >= 4 is 17.0 Å². The molecule has 0 fully saturated rings. The molecule has 1 aromatic carbocycles. The van der Waals surface area contributed by atoms with Crippen molar-refractivity contribution in [3.8, 4) is 0 Å². The normalized spacial score (nSPS) is 12.6. The first kappa shape index (κ1) is 11.2. The Morgan fingerprint density at radius 1 is 1.14 bits per heavy atom. The van der Waals surface area contributed by atoms with Crippen molar-refractivity contribution in [3.05, 3.63) is 28.8 Å². The van der Waals surface area contributed by atoms with Crippen LogP contribution in [0.25, 0.3) is 0 Å². The summed E-state index contributed by atoms with van der Waals surface area (Å²) in [7, 11) is 1.40. The van der Waals surface area contributed by atoms with Gasteiger partial charge in [0.1, 0.15) is 0 Å². The van der Waals surface area contributed by atoms with E-state index in [1.54, 1.807) is 0 Å². The van der Waals surface area contributed by atoms with E-state index >= 15 is 0 Å². The summed E-state index contributed by atoms with van der Waals surface area (Å²) < 4.78 is 18.5. The lowest BCUT2D eigenvalue weighted by atomic mass is 10.1. The second kappa shape index (κ2) is 4.57. The molecule has 14 heavy (non-hydrogen) atoms. The third-order valence-electron chi connectivity index (χ3n) is 2.19. The fourth-order valence-electron chi connectivity index (χ4n) is 1.20. The first-order valence-corrected chi connectivity index (χ1v) is 5.43. The van der Waals surface area contributed by atoms with Crippen LogP contribution in [-0.2, 0) is 15.4 Å². The molecule has 1 rings (SSSR count). The lowest BCUT2D eigenvalue weighted by Gasteiger charge is -2.10. The van der Waals surface area contributed by atoms with E-state index in [1.165, 1.54) is 18.2 Å². The Kier molecular flexibility index (Phi) is 3.66. The number of anilines is 1. The Morgan fingerprint density at radius 2 is 1.71 bits per heavy atom. The Balaban J connectivity index is 2.98. The van der Waals surface area contributed by atoms with Gasteiger partial charge in [-0.25, -0.2) is 4.21 Å². The molecular formula is C10H15NO2S. The van der Waals surface area contributed by atoms with Gasteiger partial charge in [-0.1, -0.05) is 6.07 Å². The summed E-state index contributed by atoms with van der Waals surface area (Å²) in [6, 6.07) is 4.03. The van der Waals surface area contributed by atoms with E-state index in [4.69, 9.17) is 0 Å². The molecule has 1 N–H and O–H groups in total. The molecule has 1 aromatic rings. The standard InChI is InChI=1S/C10H15NO2S/c1-7-5-9(3)10(6-8(7)2)11-14(12)13-4/h5-6,11H,1-4H3. The second-order valence-corrected chi connectivity index (χ2v) is 4.26. The summed E-state index contributed by atoms with van der Waals surface area (Å²) in [6.45, 7) is 6.05. The molecule has 0 amide bonds. The van der Waals surface area contributed by atoms with Crippen molar-refractivity contribution in [2.75, 3.05) is 11.8 Å². The molecule has 1 atom stereocenters. The van der Waals surface area contributed by atoms with Crippen LogP contribution in [0.2, 0.25) is 0 Å². The minimum absolute atomic E-state index is 0.855. The van der Waals surface area contributed by atoms with Crippen molar-refractivity contribution in [3.63, 3.8) is 0 Å². The fourth-order valence-corrected chi connectivity index (χ4v) is 1.68. The Bertz CT molecular complexity index is 363. The lowest BCUT2D eigenvalue weighted by molar-refractivity contribution is 0.449. The monoisotopic (exact) mass is 213 g/mol. The summed E-state index contributed by atoms with van der Waals surface area (Å²) in [5, 5.41) is 0. The predicted octanol–water partition coefficient (Wildman–Crippen LogP) is 2.25. The molecule has 0 aliphatic heterocycles. The lowest BCUT2D eigenvalue weighted by Crippen LogP contribution is -2.07. The van der Waals surface area contributed by atoms with Gasteiger partial charge < -0.3 is 0 Å². The molecule has 0 spiro atoms. The van der Waals surface area contributed by atoms with Gasteiger partial charge in [-0.2, -0.15) is 0 Å². The van der Waals surface area contributed by atoms with Gasteiger partial charge in [0, 0.05) is 0 Å². The average molecular weight is 213 g/mol. The van der Waals surface area contributed by atoms with Crippen molar-refractivity contribution in [2.24, 2.45) is 0 Å². The SMILES string of the molecule is COS(=O)Nc1cc(C)c(C)cc1C. The Morgan fingerprint density at radius 3 is 2.29 bits per heavy atom. The molecule has 0 aromatic heterocycles. The highest BCUT2D eigenvalue weighted by molar-refractivity contribution is 7.81. The van der Waals surface area contributed by atoms with Gasteiger partial charge in [0.25, 0.3) is 11.3 Å². The zero-order valence-corrected chi connectivity index (χ0v) is 9.70. The molecule has 0 saturated heterocycles. The average Bonchev–Trinajstić information content (AvgIpc) is 2.14. The second-order valence-electron chi connectivity index (χ2n) is 3.25. The van der Waals surface area contributed by atoms with Crippen LogP contribution in [0.5, 0.6) is 0 Å². The Labute approximate surface area is 87.3 Å². The van der Waals surface area contributed by atoms with Gasteiger partial charge >= 0.3 is 0 Å². The van der Waals surface area contributed by atoms with Gasteiger partial charge in [0.2, 0.25) is 0 Å². The fraction of sp³-hybridized carbons (Fsp3) is 0.400. The maximum Gasteiger partial charge on any atom is 0.261 e. The molecule has 3 nitrogen and oxygen atoms in total. The van der Waals surface area contributed by atoms with Crippen molar-refractivity contribution in [1.29, 1.82) is 0 Å². The number of hydrogen-bond acceptors (Lipinski definition) is 2. The van der Waals surface area contributed by atoms with E-state index in [0.717, 1.165) is 11.3 Å². The van der Waals surface area contributed by atoms with Gasteiger partial charge in [-0.15, -0.1) is 0 Å². The van der Waals surface area contributed by atoms with Gasteiger partial charge in [-0.3, -0.25) is 8.91 Å². The molecule has 0 bridgehead atoms. The highest BCUT2D eigenvalue weighted by Crippen LogP contribution is 2.20. The highest BCUT2D eigenvalue weighted by Gasteiger charge is 2.04. The number of nitrogens with one attached hydrogen (secondary N) is 1. The van der Waals surface area contributed by atoms with Crippen LogP contribution in [0.1, 0.15) is 16.7 Å². The molecule has 0 heterocycles. The zero-order chi connectivity index (χ0) is 10.7. The summed E-state index contributed by atoms with van der Waals surface area (Å²) >= 11 is -1.45. The zero-order valence-electron chi connectivity index (χ0n) is 8.88. The van der Waals surface area contributed by atoms with Crippen LogP contribution in [0.15, 0.2) is 12.1 Å². The number of rotatable bonds is 3. The maximum atomic E-state index is 11.1. The van der Waals surface area contributed by atoms with E-state index in [0.29, 0.717) is 0 Å². The molecule has 0 aliphatic carbocycles. The third kappa shape index (κ3) is 2.56. The topological polar surface area (TPSA) is 38.3 Å². The summed E-state index contributed by atoms with van der Waals surface area (Å²) in [5.74, 6) is 0. The molecule has 1 unspecified atom stereocenters. The van der Waals surface area contributed by atoms with E-state index in [1.807, 2.05) is 19.9 Å². The van der Waals surface area contributed by atoms with Crippen LogP contribution >= 0.6 is 0 Å². The van der Waals surface area contributed by atoms with E-state index in [9.17, 15) is 4.21 Å². The van der Waals surface area contributed by atoms with E-state index < -0.39 is 11.3 Å². The maximum absolute atomic E-state index is 11.1. The molecule has 0 radical (unpaired) electrons. The number of benzene rings is 1. The first-order valence-electron chi connectivity index (χ1n) is 4.35. The minimum atomic E-state index is -1.45. The smallest absolute Gasteiger partial charge is 0.261 e. The third-order valence-corrected chi connectivity index (χ3v) is 2.87. The van der Waals surface area contributed by atoms with Crippen LogP contribution in [0, 0.1) is 20.8 Å². The molecular weight excluding hydrogens is 198 g/mol.